The molecule has 0 bridgehead atoms. The van der Waals surface area contributed by atoms with Crippen LogP contribution in [0, 0.1) is 0 Å². The molecule has 17 aromatic rings. The van der Waals surface area contributed by atoms with Gasteiger partial charge in [0.2, 0.25) is 0 Å². The van der Waals surface area contributed by atoms with Gasteiger partial charge in [-0.05, 0) is 188 Å². The van der Waals surface area contributed by atoms with Crippen LogP contribution in [0.3, 0.4) is 0 Å². The van der Waals surface area contributed by atoms with Crippen molar-refractivity contribution >= 4 is 83.8 Å². The molecule has 15 aromatic carbocycles. The number of aromatic nitrogens is 2. The van der Waals surface area contributed by atoms with E-state index in [1.807, 2.05) is 0 Å². The second-order valence-corrected chi connectivity index (χ2v) is 30.0. The van der Waals surface area contributed by atoms with Crippen molar-refractivity contribution < 1.29 is 0 Å². The molecule has 0 fully saturated rings. The summed E-state index contributed by atoms with van der Waals surface area (Å²) < 4.78 is 5.26. The van der Waals surface area contributed by atoms with E-state index in [-0.39, 0.29) is 17.5 Å². The van der Waals surface area contributed by atoms with E-state index < -0.39 is 0 Å². The number of anilines is 3. The van der Waals surface area contributed by atoms with Gasteiger partial charge in [0.1, 0.15) is 0 Å². The fourth-order valence-electron chi connectivity index (χ4n) is 16.7. The summed E-state index contributed by atoms with van der Waals surface area (Å²) in [6.45, 7) is 13.8. The summed E-state index contributed by atoms with van der Waals surface area (Å²) in [7, 11) is 0. The topological polar surface area (TPSA) is 13.1 Å². The highest BCUT2D eigenvalue weighted by molar-refractivity contribution is 7.00. The first kappa shape index (κ1) is 60.9. The quantitative estimate of drug-likeness (QED) is 0.124. The summed E-state index contributed by atoms with van der Waals surface area (Å²) >= 11 is 0. The Labute approximate surface area is 597 Å². The van der Waals surface area contributed by atoms with E-state index in [1.54, 1.807) is 0 Å². The highest BCUT2D eigenvalue weighted by atomic mass is 15.2. The molecule has 0 amide bonds. The zero-order chi connectivity index (χ0) is 68.5. The SMILES string of the molecule is CC(C)(C)c1ccc(N2c3ccc(-c4ccccc4-c4ccc(-c5ccccc5)cc4)cc3B3c4c2cc(-n2c5cc(-c6ccccc6)ccc5c5ccc(-c6ccccc6)cc52)cc4-n2c4ccc(C(C)(C)C)cc4c4cc(-c5ccccc5-c5ccc(-c6ccccc6)cc5)cc3c42)cc1. The van der Waals surface area contributed by atoms with Gasteiger partial charge in [-0.1, -0.05) is 321 Å². The predicted octanol–water partition coefficient (Wildman–Crippen LogP) is 24.4. The van der Waals surface area contributed by atoms with Crippen molar-refractivity contribution in [1.82, 2.24) is 9.13 Å². The average Bonchev–Trinajstić information content (AvgIpc) is 1.37. The third kappa shape index (κ3) is 10.1. The summed E-state index contributed by atoms with van der Waals surface area (Å²) in [5.41, 5.74) is 35.7. The van der Waals surface area contributed by atoms with Crippen molar-refractivity contribution in [1.29, 1.82) is 0 Å². The molecule has 102 heavy (non-hydrogen) atoms. The van der Waals surface area contributed by atoms with Crippen LogP contribution in [0.1, 0.15) is 52.7 Å². The van der Waals surface area contributed by atoms with Gasteiger partial charge in [-0.2, -0.15) is 0 Å². The first-order valence-corrected chi connectivity index (χ1v) is 35.9. The molecule has 2 aliphatic rings. The van der Waals surface area contributed by atoms with E-state index in [9.17, 15) is 0 Å². The predicted molar refractivity (Wildman–Crippen MR) is 435 cm³/mol. The normalized spacial score (nSPS) is 12.6. The standard InChI is InChI=1S/C98H74BN3/c1-97(2,3)75-46-49-77(50-47-75)100-90-53-45-73(81-33-21-19-31-79(81)69-39-35-67(36-40-69)63-23-11-7-12-24-63)56-87(90)99-88-57-74(82-34-22-20-32-80(82)70-41-37-68(38-42-70)64-25-13-8-14-26-64)55-86-85-60-76(98(4,5)6)48-54-89(85)102(96(86)88)94-62-78(61-93(100)95(94)99)101-91-58-71(65-27-15-9-16-28-65)43-51-83(91)84-52-44-72(59-92(84)101)66-29-17-10-18-30-66/h7-62H,1-6H3. The Hall–Kier alpha value is -12.2. The van der Waals surface area contributed by atoms with E-state index in [0.29, 0.717) is 0 Å². The number of fused-ring (bicyclic) bond motifs is 10. The molecule has 0 radical (unpaired) electrons. The van der Waals surface area contributed by atoms with E-state index in [4.69, 9.17) is 0 Å². The lowest BCUT2D eigenvalue weighted by atomic mass is 9.33. The van der Waals surface area contributed by atoms with Crippen LogP contribution in [0.15, 0.2) is 340 Å². The maximum atomic E-state index is 2.67. The maximum Gasteiger partial charge on any atom is 0.252 e. The Kier molecular flexibility index (Phi) is 14.2. The van der Waals surface area contributed by atoms with Gasteiger partial charge in [0, 0.05) is 49.8 Å². The van der Waals surface area contributed by atoms with E-state index in [1.165, 1.54) is 155 Å². The van der Waals surface area contributed by atoms with Crippen LogP contribution in [-0.4, -0.2) is 15.8 Å². The van der Waals surface area contributed by atoms with Crippen molar-refractivity contribution in [2.24, 2.45) is 0 Å². The molecule has 0 atom stereocenters. The first-order valence-electron chi connectivity index (χ1n) is 35.9. The molecule has 0 saturated carbocycles. The van der Waals surface area contributed by atoms with Gasteiger partial charge in [-0.15, -0.1) is 0 Å². The second kappa shape index (κ2) is 23.7. The monoisotopic (exact) mass is 1300 g/mol. The van der Waals surface area contributed by atoms with Crippen molar-refractivity contribution in [2.75, 3.05) is 4.90 Å². The number of rotatable bonds is 10. The summed E-state index contributed by atoms with van der Waals surface area (Å²) in [5, 5.41) is 4.91. The van der Waals surface area contributed by atoms with Crippen molar-refractivity contribution in [3.05, 3.63) is 351 Å². The van der Waals surface area contributed by atoms with Crippen LogP contribution >= 0.6 is 0 Å². The van der Waals surface area contributed by atoms with Crippen molar-refractivity contribution in [2.45, 2.75) is 52.4 Å². The minimum absolute atomic E-state index is 0.0558. The van der Waals surface area contributed by atoms with Gasteiger partial charge in [0.25, 0.3) is 6.71 Å². The fraction of sp³-hybridized carbons (Fsp3) is 0.0816. The molecule has 4 heteroatoms. The molecular weight excluding hydrogens is 1230 g/mol. The molecule has 3 nitrogen and oxygen atoms in total. The second-order valence-electron chi connectivity index (χ2n) is 30.0. The van der Waals surface area contributed by atoms with Gasteiger partial charge in [0.05, 0.1) is 22.2 Å². The molecule has 4 heterocycles. The van der Waals surface area contributed by atoms with Gasteiger partial charge in [-0.25, -0.2) is 0 Å². The lowest BCUT2D eigenvalue weighted by molar-refractivity contribution is 0.590. The van der Waals surface area contributed by atoms with Crippen LogP contribution in [0.25, 0.3) is 144 Å². The Bertz CT molecular complexity index is 6050. The van der Waals surface area contributed by atoms with Crippen molar-refractivity contribution in [3.63, 3.8) is 0 Å². The molecule has 19 rings (SSSR count). The molecule has 2 aliphatic heterocycles. The highest BCUT2D eigenvalue weighted by Gasteiger charge is 2.44. The summed E-state index contributed by atoms with van der Waals surface area (Å²) in [6.07, 6.45) is 0. The van der Waals surface area contributed by atoms with Gasteiger partial charge < -0.3 is 14.0 Å². The number of benzene rings is 15. The molecular formula is C98H74BN3. The summed E-state index contributed by atoms with van der Waals surface area (Å²) in [4.78, 5) is 2.61. The lowest BCUT2D eigenvalue weighted by Gasteiger charge is -2.41. The van der Waals surface area contributed by atoms with Crippen LogP contribution < -0.4 is 21.3 Å². The molecule has 0 aliphatic carbocycles. The summed E-state index contributed by atoms with van der Waals surface area (Å²) in [5.74, 6) is 0. The van der Waals surface area contributed by atoms with Crippen LogP contribution in [0.5, 0.6) is 0 Å². The smallest absolute Gasteiger partial charge is 0.252 e. The third-order valence-electron chi connectivity index (χ3n) is 21.9. The van der Waals surface area contributed by atoms with Gasteiger partial charge in [-0.3, -0.25) is 0 Å². The zero-order valence-electron chi connectivity index (χ0n) is 58.3. The largest absolute Gasteiger partial charge is 0.311 e. The van der Waals surface area contributed by atoms with Crippen LogP contribution in [0.2, 0.25) is 0 Å². The maximum absolute atomic E-state index is 2.67. The Morgan fingerprint density at radius 2 is 0.647 bits per heavy atom. The number of hydrogen-bond donors (Lipinski definition) is 0. The van der Waals surface area contributed by atoms with Crippen molar-refractivity contribution in [3.8, 4) is 100 Å². The van der Waals surface area contributed by atoms with Crippen LogP contribution in [0.4, 0.5) is 17.1 Å². The Balaban J connectivity index is 0.925. The zero-order valence-corrected chi connectivity index (χ0v) is 58.3. The summed E-state index contributed by atoms with van der Waals surface area (Å²) in [6, 6.07) is 128. The minimum atomic E-state index is -0.215. The van der Waals surface area contributed by atoms with E-state index in [0.717, 1.165) is 33.8 Å². The Morgan fingerprint density at radius 3 is 1.16 bits per heavy atom. The van der Waals surface area contributed by atoms with Gasteiger partial charge in [0.15, 0.2) is 0 Å². The molecule has 484 valence electrons. The molecule has 2 aromatic heterocycles. The first-order chi connectivity index (χ1) is 49.8. The lowest BCUT2D eigenvalue weighted by Crippen LogP contribution is -2.60. The molecule has 0 saturated heterocycles. The average molecular weight is 1300 g/mol. The highest BCUT2D eigenvalue weighted by Crippen LogP contribution is 2.48. The number of hydrogen-bond acceptors (Lipinski definition) is 1. The van der Waals surface area contributed by atoms with Gasteiger partial charge >= 0.3 is 0 Å². The third-order valence-corrected chi connectivity index (χ3v) is 21.9. The van der Waals surface area contributed by atoms with E-state index in [2.05, 4.69) is 395 Å². The van der Waals surface area contributed by atoms with E-state index >= 15 is 0 Å². The minimum Gasteiger partial charge on any atom is -0.311 e. The molecule has 0 spiro atoms. The molecule has 0 unspecified atom stereocenters. The fourth-order valence-corrected chi connectivity index (χ4v) is 16.7. The number of nitrogens with zero attached hydrogens (tertiary/aromatic N) is 3. The van der Waals surface area contributed by atoms with Crippen LogP contribution in [-0.2, 0) is 10.8 Å². The molecule has 0 N–H and O–H groups in total. The Morgan fingerprint density at radius 1 is 0.235 bits per heavy atom.